The lowest BCUT2D eigenvalue weighted by atomic mass is 10.1. The van der Waals surface area contributed by atoms with Crippen LogP contribution in [0.4, 0.5) is 0 Å². The van der Waals surface area contributed by atoms with Crippen molar-refractivity contribution in [2.24, 2.45) is 0 Å². The van der Waals surface area contributed by atoms with Crippen molar-refractivity contribution in [1.82, 2.24) is 4.90 Å². The Hall–Kier alpha value is -3.59. The van der Waals surface area contributed by atoms with Crippen LogP contribution in [0.15, 0.2) is 55.1 Å². The molecule has 0 saturated heterocycles. The van der Waals surface area contributed by atoms with E-state index >= 15 is 0 Å². The van der Waals surface area contributed by atoms with Crippen LogP contribution in [-0.4, -0.2) is 36.9 Å². The molecular weight excluding hydrogens is 380 g/mol. The highest BCUT2D eigenvalue weighted by atomic mass is 16.5. The second kappa shape index (κ2) is 11.4. The zero-order valence-electron chi connectivity index (χ0n) is 17.4. The van der Waals surface area contributed by atoms with Crippen molar-refractivity contribution in [3.05, 3.63) is 71.8 Å². The van der Waals surface area contributed by atoms with Crippen LogP contribution >= 0.6 is 0 Å². The highest BCUT2D eigenvalue weighted by Crippen LogP contribution is 2.28. The van der Waals surface area contributed by atoms with Gasteiger partial charge >= 0.3 is 0 Å². The molecular formula is C24H26N2O4. The number of carbonyl (C=O) groups is 2. The van der Waals surface area contributed by atoms with E-state index in [9.17, 15) is 9.59 Å². The maximum absolute atomic E-state index is 12.6. The molecule has 0 spiro atoms. The summed E-state index contributed by atoms with van der Waals surface area (Å²) in [6, 6.07) is 14.3. The number of Topliss-reactive ketones (excluding diaryl/α,β-unsaturated/α-hetero) is 1. The minimum atomic E-state index is -0.0463. The lowest BCUT2D eigenvalue weighted by Crippen LogP contribution is -2.30. The molecule has 0 aliphatic rings. The van der Waals surface area contributed by atoms with Gasteiger partial charge in [-0.1, -0.05) is 18.2 Å². The van der Waals surface area contributed by atoms with Crippen LogP contribution in [-0.2, 0) is 11.3 Å². The van der Waals surface area contributed by atoms with E-state index < -0.39 is 0 Å². The van der Waals surface area contributed by atoms with Crippen molar-refractivity contribution in [1.29, 1.82) is 5.26 Å². The molecule has 0 heterocycles. The van der Waals surface area contributed by atoms with Gasteiger partial charge in [0.2, 0.25) is 5.91 Å². The van der Waals surface area contributed by atoms with Gasteiger partial charge in [-0.3, -0.25) is 9.59 Å². The first-order valence-corrected chi connectivity index (χ1v) is 9.68. The smallest absolute Gasteiger partial charge is 0.223 e. The highest BCUT2D eigenvalue weighted by molar-refractivity contribution is 5.94. The molecule has 0 aliphatic carbocycles. The summed E-state index contributed by atoms with van der Waals surface area (Å²) in [7, 11) is 1.52. The second-order valence-corrected chi connectivity index (χ2v) is 6.75. The number of amides is 1. The molecule has 2 aromatic rings. The summed E-state index contributed by atoms with van der Waals surface area (Å²) in [5, 5.41) is 8.89. The van der Waals surface area contributed by atoms with Crippen molar-refractivity contribution in [2.75, 3.05) is 20.3 Å². The number of carbonyl (C=O) groups excluding carboxylic acids is 2. The largest absolute Gasteiger partial charge is 0.493 e. The van der Waals surface area contributed by atoms with Crippen LogP contribution in [0.1, 0.15) is 41.3 Å². The van der Waals surface area contributed by atoms with Crippen molar-refractivity contribution in [3.63, 3.8) is 0 Å². The zero-order chi connectivity index (χ0) is 21.9. The maximum Gasteiger partial charge on any atom is 0.223 e. The van der Waals surface area contributed by atoms with Gasteiger partial charge in [0.1, 0.15) is 0 Å². The van der Waals surface area contributed by atoms with Gasteiger partial charge in [-0.15, -0.1) is 6.58 Å². The number of nitrogens with zero attached hydrogens (tertiary/aromatic N) is 2. The molecule has 2 aromatic carbocycles. The Bertz CT molecular complexity index is 929. The fraction of sp³-hybridized carbons (Fsp3) is 0.292. The third kappa shape index (κ3) is 6.49. The fourth-order valence-corrected chi connectivity index (χ4v) is 2.88. The second-order valence-electron chi connectivity index (χ2n) is 6.75. The average Bonchev–Trinajstić information content (AvgIpc) is 2.76. The van der Waals surface area contributed by atoms with Crippen molar-refractivity contribution >= 4 is 11.7 Å². The molecule has 156 valence electrons. The first-order chi connectivity index (χ1) is 14.5. The summed E-state index contributed by atoms with van der Waals surface area (Å²) in [5.41, 5.74) is 2.09. The molecule has 0 saturated carbocycles. The van der Waals surface area contributed by atoms with Gasteiger partial charge in [-0.25, -0.2) is 0 Å². The summed E-state index contributed by atoms with van der Waals surface area (Å²) in [4.78, 5) is 25.8. The number of hydrogen-bond acceptors (Lipinski definition) is 5. The Labute approximate surface area is 177 Å². The predicted octanol–water partition coefficient (Wildman–Crippen LogP) is 4.14. The predicted molar refractivity (Wildman–Crippen MR) is 114 cm³/mol. The minimum Gasteiger partial charge on any atom is -0.493 e. The SMILES string of the molecule is C=CCN(Cc1ccc(C#N)cc1)C(=O)CCCOc1ccc(C(C)=O)cc1OC. The summed E-state index contributed by atoms with van der Waals surface area (Å²) in [6.45, 7) is 6.47. The molecule has 0 atom stereocenters. The maximum atomic E-state index is 12.6. The lowest BCUT2D eigenvalue weighted by Gasteiger charge is -2.21. The Morgan fingerprint density at radius 2 is 1.90 bits per heavy atom. The minimum absolute atomic E-state index is 0.00162. The Morgan fingerprint density at radius 1 is 1.17 bits per heavy atom. The van der Waals surface area contributed by atoms with Crippen LogP contribution in [0.3, 0.4) is 0 Å². The molecule has 0 N–H and O–H groups in total. The van der Waals surface area contributed by atoms with Crippen LogP contribution < -0.4 is 9.47 Å². The van der Waals surface area contributed by atoms with Crippen LogP contribution in [0.5, 0.6) is 11.5 Å². The topological polar surface area (TPSA) is 79.6 Å². The van der Waals surface area contributed by atoms with E-state index in [1.54, 1.807) is 41.3 Å². The summed E-state index contributed by atoms with van der Waals surface area (Å²) < 4.78 is 11.0. The number of methoxy groups -OCH3 is 1. The molecule has 6 heteroatoms. The van der Waals surface area contributed by atoms with Crippen molar-refractivity contribution in [3.8, 4) is 17.6 Å². The lowest BCUT2D eigenvalue weighted by molar-refractivity contribution is -0.131. The monoisotopic (exact) mass is 406 g/mol. The Morgan fingerprint density at radius 3 is 2.50 bits per heavy atom. The van der Waals surface area contributed by atoms with E-state index in [1.165, 1.54) is 14.0 Å². The number of ketones is 1. The van der Waals surface area contributed by atoms with Gasteiger partial charge in [-0.2, -0.15) is 5.26 Å². The van der Waals surface area contributed by atoms with Crippen LogP contribution in [0.2, 0.25) is 0 Å². The van der Waals surface area contributed by atoms with E-state index in [-0.39, 0.29) is 11.7 Å². The molecule has 0 fully saturated rings. The molecule has 0 bridgehead atoms. The van der Waals surface area contributed by atoms with Gasteiger partial charge in [0.15, 0.2) is 17.3 Å². The summed E-state index contributed by atoms with van der Waals surface area (Å²) in [5.74, 6) is 0.982. The van der Waals surface area contributed by atoms with Gasteiger partial charge in [0, 0.05) is 25.1 Å². The normalized spacial score (nSPS) is 10.0. The first-order valence-electron chi connectivity index (χ1n) is 9.68. The fourth-order valence-electron chi connectivity index (χ4n) is 2.88. The van der Waals surface area contributed by atoms with E-state index in [0.717, 1.165) is 5.56 Å². The third-order valence-corrected chi connectivity index (χ3v) is 4.52. The average molecular weight is 406 g/mol. The number of hydrogen-bond donors (Lipinski definition) is 0. The molecule has 1 amide bonds. The number of ether oxygens (including phenoxy) is 2. The Balaban J connectivity index is 1.89. The number of rotatable bonds is 11. The molecule has 0 aromatic heterocycles. The van der Waals surface area contributed by atoms with Crippen LogP contribution in [0, 0.1) is 11.3 Å². The van der Waals surface area contributed by atoms with Crippen molar-refractivity contribution < 1.29 is 19.1 Å². The third-order valence-electron chi connectivity index (χ3n) is 4.52. The van der Waals surface area contributed by atoms with Gasteiger partial charge in [-0.05, 0) is 49.2 Å². The zero-order valence-corrected chi connectivity index (χ0v) is 17.4. The molecule has 2 rings (SSSR count). The van der Waals surface area contributed by atoms with Gasteiger partial charge in [0.05, 0.1) is 25.3 Å². The molecule has 6 nitrogen and oxygen atoms in total. The standard InChI is InChI=1S/C24H26N2O4/c1-4-13-26(17-20-9-7-19(16-25)8-10-20)24(28)6-5-14-30-22-12-11-21(18(2)27)15-23(22)29-3/h4,7-12,15H,1,5-6,13-14,17H2,2-3H3. The quantitative estimate of drug-likeness (QED) is 0.318. The first kappa shape index (κ1) is 22.7. The Kier molecular flexibility index (Phi) is 8.64. The van der Waals surface area contributed by atoms with Crippen molar-refractivity contribution in [2.45, 2.75) is 26.3 Å². The van der Waals surface area contributed by atoms with E-state index in [4.69, 9.17) is 14.7 Å². The van der Waals surface area contributed by atoms with E-state index in [1.807, 2.05) is 12.1 Å². The number of nitriles is 1. The summed E-state index contributed by atoms with van der Waals surface area (Å²) >= 11 is 0. The molecule has 30 heavy (non-hydrogen) atoms. The molecule has 0 radical (unpaired) electrons. The number of benzene rings is 2. The van der Waals surface area contributed by atoms with Gasteiger partial charge < -0.3 is 14.4 Å². The van der Waals surface area contributed by atoms with Crippen LogP contribution in [0.25, 0.3) is 0 Å². The van der Waals surface area contributed by atoms with Gasteiger partial charge in [0.25, 0.3) is 0 Å². The van der Waals surface area contributed by atoms with E-state index in [0.29, 0.717) is 55.2 Å². The summed E-state index contributed by atoms with van der Waals surface area (Å²) in [6.07, 6.45) is 2.56. The van der Waals surface area contributed by atoms with E-state index in [2.05, 4.69) is 12.6 Å². The highest BCUT2D eigenvalue weighted by Gasteiger charge is 2.13. The molecule has 0 unspecified atom stereocenters. The molecule has 0 aliphatic heterocycles.